The van der Waals surface area contributed by atoms with Gasteiger partial charge in [-0.15, -0.1) is 0 Å². The normalized spacial score (nSPS) is 38.0. The maximum atomic E-state index is 12.7. The number of hydrogen-bond acceptors (Lipinski definition) is 3. The minimum absolute atomic E-state index is 0.0170. The summed E-state index contributed by atoms with van der Waals surface area (Å²) in [5, 5.41) is 0. The molecule has 0 saturated carbocycles. The van der Waals surface area contributed by atoms with Gasteiger partial charge in [0.25, 0.3) is 0 Å². The molecule has 3 heteroatoms. The van der Waals surface area contributed by atoms with Gasteiger partial charge in [-0.25, -0.2) is 0 Å². The zero-order valence-electron chi connectivity index (χ0n) is 11.4. The molecule has 102 valence electrons. The van der Waals surface area contributed by atoms with E-state index in [-0.39, 0.29) is 17.9 Å². The van der Waals surface area contributed by atoms with Crippen LogP contribution in [0.2, 0.25) is 0 Å². The van der Waals surface area contributed by atoms with Crippen LogP contribution >= 0.6 is 0 Å². The minimum atomic E-state index is -0.812. The average Bonchev–Trinajstić information content (AvgIpc) is 2.69. The summed E-state index contributed by atoms with van der Waals surface area (Å²) < 4.78 is 5.15. The first-order chi connectivity index (χ1) is 9.63. The number of benzene rings is 1. The van der Waals surface area contributed by atoms with Crippen molar-refractivity contribution in [2.45, 2.75) is 31.6 Å². The maximum Gasteiger partial charge on any atom is 0.326 e. The minimum Gasteiger partial charge on any atom is -0.392 e. The highest BCUT2D eigenvalue weighted by molar-refractivity contribution is 6.06. The second kappa shape index (κ2) is 3.60. The van der Waals surface area contributed by atoms with E-state index in [1.807, 2.05) is 31.2 Å². The predicted molar refractivity (Wildman–Crippen MR) is 72.9 cm³/mol. The summed E-state index contributed by atoms with van der Waals surface area (Å²) >= 11 is 0. The molecule has 0 radical (unpaired) electrons. The lowest BCUT2D eigenvalue weighted by molar-refractivity contribution is -0.155. The van der Waals surface area contributed by atoms with Crippen LogP contribution in [0.4, 0.5) is 0 Å². The molecular weight excluding hydrogens is 252 g/mol. The molecule has 0 spiro atoms. The number of fused-ring (bicyclic) bond motifs is 1. The van der Waals surface area contributed by atoms with E-state index in [4.69, 9.17) is 4.74 Å². The zero-order valence-corrected chi connectivity index (χ0v) is 11.4. The quantitative estimate of drug-likeness (QED) is 0.412. The van der Waals surface area contributed by atoms with Gasteiger partial charge < -0.3 is 4.74 Å². The molecule has 0 aromatic heterocycles. The Morgan fingerprint density at radius 2 is 2.00 bits per heavy atom. The van der Waals surface area contributed by atoms with Crippen molar-refractivity contribution in [1.29, 1.82) is 0 Å². The molecule has 3 aliphatic rings. The molecule has 4 rings (SSSR count). The van der Waals surface area contributed by atoms with Crippen LogP contribution in [0.3, 0.4) is 0 Å². The summed E-state index contributed by atoms with van der Waals surface area (Å²) in [5.41, 5.74) is 0.677. The SMILES string of the molecule is C[C@H]1C=CC[C@@]23CCc4ccccc4[C@@]12C(=O)OC3=O. The molecule has 1 aliphatic heterocycles. The number of carbonyl (C=O) groups is 2. The van der Waals surface area contributed by atoms with E-state index in [9.17, 15) is 9.59 Å². The van der Waals surface area contributed by atoms with Gasteiger partial charge in [0.15, 0.2) is 0 Å². The maximum absolute atomic E-state index is 12.7. The van der Waals surface area contributed by atoms with Crippen LogP contribution in [0.25, 0.3) is 0 Å². The van der Waals surface area contributed by atoms with Crippen molar-refractivity contribution in [2.75, 3.05) is 0 Å². The van der Waals surface area contributed by atoms with Crippen molar-refractivity contribution in [1.82, 2.24) is 0 Å². The van der Waals surface area contributed by atoms with E-state index in [0.29, 0.717) is 12.8 Å². The molecule has 3 nitrogen and oxygen atoms in total. The fourth-order valence-corrected chi connectivity index (χ4v) is 4.59. The first kappa shape index (κ1) is 11.9. The third-order valence-electron chi connectivity index (χ3n) is 5.49. The van der Waals surface area contributed by atoms with Crippen molar-refractivity contribution in [2.24, 2.45) is 11.3 Å². The molecule has 1 heterocycles. The number of cyclic esters (lactones) is 2. The Balaban J connectivity index is 2.10. The third kappa shape index (κ3) is 1.05. The molecule has 0 amide bonds. The summed E-state index contributed by atoms with van der Waals surface area (Å²) in [4.78, 5) is 25.1. The molecule has 2 aliphatic carbocycles. The molecule has 0 N–H and O–H groups in total. The van der Waals surface area contributed by atoms with Crippen molar-refractivity contribution >= 4 is 11.9 Å². The molecule has 1 saturated heterocycles. The Labute approximate surface area is 117 Å². The second-order valence-corrected chi connectivity index (χ2v) is 6.15. The van der Waals surface area contributed by atoms with E-state index in [2.05, 4.69) is 12.1 Å². The van der Waals surface area contributed by atoms with E-state index in [0.717, 1.165) is 12.0 Å². The van der Waals surface area contributed by atoms with Crippen LogP contribution in [-0.4, -0.2) is 11.9 Å². The number of hydrogen-bond donors (Lipinski definition) is 0. The number of aryl methyl sites for hydroxylation is 1. The van der Waals surface area contributed by atoms with Crippen LogP contribution < -0.4 is 0 Å². The van der Waals surface area contributed by atoms with E-state index >= 15 is 0 Å². The van der Waals surface area contributed by atoms with Gasteiger partial charge in [-0.05, 0) is 36.3 Å². The Kier molecular flexibility index (Phi) is 2.14. The lowest BCUT2D eigenvalue weighted by Gasteiger charge is -2.49. The van der Waals surface area contributed by atoms with Crippen LogP contribution in [-0.2, 0) is 26.2 Å². The van der Waals surface area contributed by atoms with Crippen molar-refractivity contribution in [3.05, 3.63) is 47.5 Å². The molecule has 20 heavy (non-hydrogen) atoms. The molecule has 0 unspecified atom stereocenters. The van der Waals surface area contributed by atoms with Gasteiger partial charge in [-0.1, -0.05) is 43.3 Å². The molecule has 1 aromatic carbocycles. The summed E-state index contributed by atoms with van der Waals surface area (Å²) in [6, 6.07) is 8.01. The number of carbonyl (C=O) groups excluding carboxylic acids is 2. The van der Waals surface area contributed by atoms with Crippen molar-refractivity contribution in [3.63, 3.8) is 0 Å². The van der Waals surface area contributed by atoms with Gasteiger partial charge in [0.2, 0.25) is 0 Å². The fraction of sp³-hybridized carbons (Fsp3) is 0.412. The topological polar surface area (TPSA) is 43.4 Å². The Hall–Kier alpha value is -1.90. The van der Waals surface area contributed by atoms with Crippen molar-refractivity contribution in [3.8, 4) is 0 Å². The lowest BCUT2D eigenvalue weighted by atomic mass is 9.48. The van der Waals surface area contributed by atoms with Gasteiger partial charge in [0.1, 0.15) is 5.41 Å². The first-order valence-corrected chi connectivity index (χ1v) is 7.15. The van der Waals surface area contributed by atoms with Crippen LogP contribution in [0, 0.1) is 11.3 Å². The average molecular weight is 268 g/mol. The lowest BCUT2D eigenvalue weighted by Crippen LogP contribution is -2.56. The zero-order chi connectivity index (χ0) is 14.0. The van der Waals surface area contributed by atoms with E-state index in [1.165, 1.54) is 5.56 Å². The van der Waals surface area contributed by atoms with Crippen LogP contribution in [0.5, 0.6) is 0 Å². The number of esters is 2. The second-order valence-electron chi connectivity index (χ2n) is 6.15. The van der Waals surface area contributed by atoms with Gasteiger partial charge in [-0.3, -0.25) is 9.59 Å². The number of allylic oxidation sites excluding steroid dienone is 2. The van der Waals surface area contributed by atoms with E-state index in [1.54, 1.807) is 0 Å². The molecule has 1 aromatic rings. The Bertz CT molecular complexity index is 660. The highest BCUT2D eigenvalue weighted by atomic mass is 16.6. The third-order valence-corrected chi connectivity index (χ3v) is 5.49. The highest BCUT2D eigenvalue weighted by Gasteiger charge is 2.72. The first-order valence-electron chi connectivity index (χ1n) is 7.15. The summed E-state index contributed by atoms with van der Waals surface area (Å²) in [5.74, 6) is -0.698. The highest BCUT2D eigenvalue weighted by Crippen LogP contribution is 2.62. The Morgan fingerprint density at radius 1 is 1.20 bits per heavy atom. The monoisotopic (exact) mass is 268 g/mol. The molecule has 0 bridgehead atoms. The molecule has 1 fully saturated rings. The number of rotatable bonds is 0. The standard InChI is InChI=1S/C17H16O3/c1-11-5-4-9-16-10-8-12-6-2-3-7-13(12)17(11,16)15(19)20-14(16)18/h2-7,11H,8-10H2,1H3/t11-,16-,17+/m0/s1. The van der Waals surface area contributed by atoms with Gasteiger partial charge >= 0.3 is 11.9 Å². The van der Waals surface area contributed by atoms with Crippen LogP contribution in [0.15, 0.2) is 36.4 Å². The molecule has 3 atom stereocenters. The summed E-state index contributed by atoms with van der Waals surface area (Å²) in [6.07, 6.45) is 6.23. The Morgan fingerprint density at radius 3 is 2.85 bits per heavy atom. The van der Waals surface area contributed by atoms with Crippen molar-refractivity contribution < 1.29 is 14.3 Å². The summed E-state index contributed by atoms with van der Waals surface area (Å²) in [6.45, 7) is 2.02. The molecular formula is C17H16O3. The van der Waals surface area contributed by atoms with Gasteiger partial charge in [0.05, 0.1) is 5.41 Å². The number of ether oxygens (including phenoxy) is 1. The van der Waals surface area contributed by atoms with E-state index < -0.39 is 10.8 Å². The van der Waals surface area contributed by atoms with Crippen LogP contribution in [0.1, 0.15) is 30.9 Å². The predicted octanol–water partition coefficient (Wildman–Crippen LogP) is 2.54. The summed E-state index contributed by atoms with van der Waals surface area (Å²) in [7, 11) is 0. The largest absolute Gasteiger partial charge is 0.392 e. The van der Waals surface area contributed by atoms with Gasteiger partial charge in [0, 0.05) is 0 Å². The fourth-order valence-electron chi connectivity index (χ4n) is 4.59. The smallest absolute Gasteiger partial charge is 0.326 e. The van der Waals surface area contributed by atoms with Gasteiger partial charge in [-0.2, -0.15) is 0 Å².